The van der Waals surface area contributed by atoms with Crippen LogP contribution < -0.4 is 10.0 Å². The third-order valence-electron chi connectivity index (χ3n) is 2.28. The van der Waals surface area contributed by atoms with E-state index in [2.05, 4.69) is 10.0 Å². The second kappa shape index (κ2) is 7.47. The maximum absolute atomic E-state index is 11.5. The molecule has 0 atom stereocenters. The predicted molar refractivity (Wildman–Crippen MR) is 67.1 cm³/mol. The van der Waals surface area contributed by atoms with E-state index < -0.39 is 10.0 Å². The van der Waals surface area contributed by atoms with Crippen LogP contribution in [0.25, 0.3) is 0 Å². The van der Waals surface area contributed by atoms with Crippen LogP contribution in [0.5, 0.6) is 0 Å². The molecule has 1 aromatic rings. The molecule has 0 unspecified atom stereocenters. The maximum atomic E-state index is 11.5. The van der Waals surface area contributed by atoms with Gasteiger partial charge in [-0.15, -0.1) is 0 Å². The van der Waals surface area contributed by atoms with Crippen molar-refractivity contribution >= 4 is 10.0 Å². The normalized spacial score (nSPS) is 11.8. The average Bonchev–Trinajstić information content (AvgIpc) is 2.77. The number of hydrogen-bond acceptors (Lipinski definition) is 4. The molecule has 1 heterocycles. The van der Waals surface area contributed by atoms with E-state index in [1.165, 1.54) is 0 Å². The number of rotatable bonds is 9. The summed E-state index contributed by atoms with van der Waals surface area (Å²) in [5, 5.41) is 3.02. The zero-order valence-electron chi connectivity index (χ0n) is 10.1. The highest BCUT2D eigenvalue weighted by molar-refractivity contribution is 7.89. The van der Waals surface area contributed by atoms with Gasteiger partial charge in [0.1, 0.15) is 5.76 Å². The van der Waals surface area contributed by atoms with Crippen molar-refractivity contribution in [2.45, 2.75) is 26.3 Å². The fraction of sp³-hybridized carbons (Fsp3) is 0.636. The van der Waals surface area contributed by atoms with Crippen LogP contribution in [0.3, 0.4) is 0 Å². The smallest absolute Gasteiger partial charge is 0.212 e. The largest absolute Gasteiger partial charge is 0.468 e. The highest BCUT2D eigenvalue weighted by Gasteiger charge is 2.08. The van der Waals surface area contributed by atoms with Gasteiger partial charge in [0.05, 0.1) is 18.6 Å². The maximum Gasteiger partial charge on any atom is 0.212 e. The van der Waals surface area contributed by atoms with Gasteiger partial charge >= 0.3 is 0 Å². The van der Waals surface area contributed by atoms with Gasteiger partial charge in [0.15, 0.2) is 0 Å². The zero-order valence-corrected chi connectivity index (χ0v) is 10.9. The summed E-state index contributed by atoms with van der Waals surface area (Å²) in [6.45, 7) is 3.52. The summed E-state index contributed by atoms with van der Waals surface area (Å²) in [6, 6.07) is 3.65. The SMILES string of the molecule is CCCCNS(=O)(=O)CCNCc1ccco1. The molecule has 98 valence electrons. The van der Waals surface area contributed by atoms with E-state index in [4.69, 9.17) is 4.42 Å². The van der Waals surface area contributed by atoms with Crippen molar-refractivity contribution in [3.63, 3.8) is 0 Å². The Labute approximate surface area is 103 Å². The molecular formula is C11H20N2O3S. The summed E-state index contributed by atoms with van der Waals surface area (Å²) in [5.41, 5.74) is 0. The van der Waals surface area contributed by atoms with E-state index in [0.29, 0.717) is 19.6 Å². The van der Waals surface area contributed by atoms with Crippen LogP contribution in [0.15, 0.2) is 22.8 Å². The van der Waals surface area contributed by atoms with Crippen molar-refractivity contribution < 1.29 is 12.8 Å². The molecule has 0 aliphatic rings. The van der Waals surface area contributed by atoms with Gasteiger partial charge in [-0.3, -0.25) is 0 Å². The van der Waals surface area contributed by atoms with Gasteiger partial charge in [-0.25, -0.2) is 13.1 Å². The molecule has 0 aromatic carbocycles. The molecule has 17 heavy (non-hydrogen) atoms. The van der Waals surface area contributed by atoms with Crippen LogP contribution in [0.2, 0.25) is 0 Å². The molecule has 6 heteroatoms. The predicted octanol–water partition coefficient (Wildman–Crippen LogP) is 1.09. The van der Waals surface area contributed by atoms with Crippen LogP contribution in [0.1, 0.15) is 25.5 Å². The molecule has 0 spiro atoms. The fourth-order valence-corrected chi connectivity index (χ4v) is 2.32. The average molecular weight is 260 g/mol. The molecule has 0 bridgehead atoms. The van der Waals surface area contributed by atoms with E-state index in [1.807, 2.05) is 13.0 Å². The minimum atomic E-state index is -3.14. The zero-order chi connectivity index (χ0) is 12.6. The lowest BCUT2D eigenvalue weighted by Gasteiger charge is -2.06. The highest BCUT2D eigenvalue weighted by atomic mass is 32.2. The van der Waals surface area contributed by atoms with Crippen molar-refractivity contribution in [1.29, 1.82) is 0 Å². The minimum absolute atomic E-state index is 0.0947. The second-order valence-corrected chi connectivity index (χ2v) is 5.75. The van der Waals surface area contributed by atoms with E-state index in [1.54, 1.807) is 12.3 Å². The molecule has 0 saturated heterocycles. The summed E-state index contributed by atoms with van der Waals surface area (Å²) in [5.74, 6) is 0.901. The molecule has 2 N–H and O–H groups in total. The number of unbranched alkanes of at least 4 members (excludes halogenated alkanes) is 1. The van der Waals surface area contributed by atoms with Crippen molar-refractivity contribution in [3.05, 3.63) is 24.2 Å². The van der Waals surface area contributed by atoms with Crippen LogP contribution >= 0.6 is 0 Å². The molecule has 1 rings (SSSR count). The Hall–Kier alpha value is -0.850. The second-order valence-electron chi connectivity index (χ2n) is 3.82. The third kappa shape index (κ3) is 6.45. The Kier molecular flexibility index (Phi) is 6.25. The lowest BCUT2D eigenvalue weighted by Crippen LogP contribution is -2.32. The minimum Gasteiger partial charge on any atom is -0.468 e. The van der Waals surface area contributed by atoms with Crippen molar-refractivity contribution in [3.8, 4) is 0 Å². The van der Waals surface area contributed by atoms with E-state index in [0.717, 1.165) is 18.6 Å². The first-order valence-corrected chi connectivity index (χ1v) is 7.49. The van der Waals surface area contributed by atoms with Gasteiger partial charge < -0.3 is 9.73 Å². The van der Waals surface area contributed by atoms with E-state index >= 15 is 0 Å². The van der Waals surface area contributed by atoms with Gasteiger partial charge in [0.25, 0.3) is 0 Å². The molecular weight excluding hydrogens is 240 g/mol. The molecule has 0 saturated carbocycles. The Morgan fingerprint density at radius 2 is 2.18 bits per heavy atom. The number of hydrogen-bond donors (Lipinski definition) is 2. The van der Waals surface area contributed by atoms with Gasteiger partial charge in [0.2, 0.25) is 10.0 Å². The topological polar surface area (TPSA) is 71.3 Å². The molecule has 0 aliphatic heterocycles. The summed E-state index contributed by atoms with van der Waals surface area (Å²) in [7, 11) is -3.14. The lowest BCUT2D eigenvalue weighted by atomic mass is 10.3. The Balaban J connectivity index is 2.12. The Bertz CT molecular complexity index is 387. The van der Waals surface area contributed by atoms with Crippen molar-refractivity contribution in [1.82, 2.24) is 10.0 Å². The van der Waals surface area contributed by atoms with Gasteiger partial charge in [-0.2, -0.15) is 0 Å². The molecule has 0 radical (unpaired) electrons. The summed E-state index contributed by atoms with van der Waals surface area (Å²) >= 11 is 0. The van der Waals surface area contributed by atoms with Crippen LogP contribution in [-0.2, 0) is 16.6 Å². The Morgan fingerprint density at radius 1 is 1.35 bits per heavy atom. The molecule has 0 aliphatic carbocycles. The van der Waals surface area contributed by atoms with Crippen LogP contribution in [-0.4, -0.2) is 27.3 Å². The standard InChI is InChI=1S/C11H20N2O3S/c1-2-3-6-13-17(14,15)9-7-12-10-11-5-4-8-16-11/h4-5,8,12-13H,2-3,6-7,9-10H2,1H3. The van der Waals surface area contributed by atoms with Crippen LogP contribution in [0, 0.1) is 0 Å². The first-order chi connectivity index (χ1) is 8.14. The monoisotopic (exact) mass is 260 g/mol. The first-order valence-electron chi connectivity index (χ1n) is 5.84. The third-order valence-corrected chi connectivity index (χ3v) is 3.66. The van der Waals surface area contributed by atoms with Gasteiger partial charge in [0, 0.05) is 13.1 Å². The van der Waals surface area contributed by atoms with Gasteiger partial charge in [-0.1, -0.05) is 13.3 Å². The van der Waals surface area contributed by atoms with Crippen molar-refractivity contribution in [2.24, 2.45) is 0 Å². The Morgan fingerprint density at radius 3 is 2.82 bits per heavy atom. The summed E-state index contributed by atoms with van der Waals surface area (Å²) in [4.78, 5) is 0. The molecule has 1 aromatic heterocycles. The van der Waals surface area contributed by atoms with Gasteiger partial charge in [-0.05, 0) is 18.6 Å². The summed E-state index contributed by atoms with van der Waals surface area (Å²) < 4.78 is 30.7. The fourth-order valence-electron chi connectivity index (χ4n) is 1.31. The highest BCUT2D eigenvalue weighted by Crippen LogP contribution is 1.98. The molecule has 0 fully saturated rings. The number of sulfonamides is 1. The van der Waals surface area contributed by atoms with E-state index in [-0.39, 0.29) is 5.75 Å². The quantitative estimate of drug-likeness (QED) is 0.652. The lowest BCUT2D eigenvalue weighted by molar-refractivity contribution is 0.486. The molecule has 0 amide bonds. The molecule has 5 nitrogen and oxygen atoms in total. The van der Waals surface area contributed by atoms with E-state index in [9.17, 15) is 8.42 Å². The van der Waals surface area contributed by atoms with Crippen LogP contribution in [0.4, 0.5) is 0 Å². The van der Waals surface area contributed by atoms with Crippen molar-refractivity contribution in [2.75, 3.05) is 18.8 Å². The first kappa shape index (κ1) is 14.2. The number of nitrogens with one attached hydrogen (secondary N) is 2. The number of furan rings is 1. The summed E-state index contributed by atoms with van der Waals surface area (Å²) in [6.07, 6.45) is 3.46.